The normalized spacial score (nSPS) is 16.2. The zero-order chi connectivity index (χ0) is 20.6. The summed E-state index contributed by atoms with van der Waals surface area (Å²) in [6.45, 7) is 4.39. The molecule has 0 bridgehead atoms. The van der Waals surface area contributed by atoms with Crippen LogP contribution in [0.4, 0.5) is 0 Å². The van der Waals surface area contributed by atoms with Gasteiger partial charge in [0.2, 0.25) is 10.0 Å². The Morgan fingerprint density at radius 2 is 1.90 bits per heavy atom. The lowest BCUT2D eigenvalue weighted by Gasteiger charge is -2.31. The molecule has 7 nitrogen and oxygen atoms in total. The van der Waals surface area contributed by atoms with E-state index in [-0.39, 0.29) is 22.6 Å². The molecule has 29 heavy (non-hydrogen) atoms. The Kier molecular flexibility index (Phi) is 5.14. The summed E-state index contributed by atoms with van der Waals surface area (Å²) >= 11 is 0. The summed E-state index contributed by atoms with van der Waals surface area (Å²) in [4.78, 5) is 16.9. The van der Waals surface area contributed by atoms with Crippen molar-refractivity contribution in [3.8, 4) is 0 Å². The van der Waals surface area contributed by atoms with E-state index < -0.39 is 10.0 Å². The highest BCUT2D eigenvalue weighted by molar-refractivity contribution is 7.89. The van der Waals surface area contributed by atoms with Gasteiger partial charge in [0, 0.05) is 30.7 Å². The molecule has 1 aromatic carbocycles. The fourth-order valence-corrected chi connectivity index (χ4v) is 5.36. The van der Waals surface area contributed by atoms with Gasteiger partial charge in [-0.15, -0.1) is 0 Å². The Labute approximate surface area is 169 Å². The van der Waals surface area contributed by atoms with Crippen molar-refractivity contribution in [1.82, 2.24) is 14.6 Å². The third-order valence-corrected chi connectivity index (χ3v) is 7.26. The monoisotopic (exact) mass is 413 g/mol. The number of carbonyl (C=O) groups excluding carboxylic acids is 1. The van der Waals surface area contributed by atoms with Crippen LogP contribution in [0.3, 0.4) is 0 Å². The van der Waals surface area contributed by atoms with Gasteiger partial charge >= 0.3 is 0 Å². The van der Waals surface area contributed by atoms with Crippen molar-refractivity contribution in [2.45, 2.75) is 37.6 Å². The van der Waals surface area contributed by atoms with E-state index in [2.05, 4.69) is 10.3 Å². The van der Waals surface area contributed by atoms with Gasteiger partial charge in [-0.25, -0.2) is 8.42 Å². The highest BCUT2D eigenvalue weighted by Crippen LogP contribution is 2.28. The number of sulfonamides is 1. The number of nitrogens with one attached hydrogen (secondary N) is 1. The van der Waals surface area contributed by atoms with Crippen LogP contribution >= 0.6 is 0 Å². The molecule has 1 amide bonds. The van der Waals surface area contributed by atoms with Gasteiger partial charge in [0.25, 0.3) is 5.91 Å². The van der Waals surface area contributed by atoms with Crippen molar-refractivity contribution in [1.29, 1.82) is 0 Å². The number of fused-ring (bicyclic) bond motifs is 1. The first-order valence-corrected chi connectivity index (χ1v) is 11.0. The van der Waals surface area contributed by atoms with Gasteiger partial charge in [-0.1, -0.05) is 6.07 Å². The first-order chi connectivity index (χ1) is 13.9. The van der Waals surface area contributed by atoms with Crippen molar-refractivity contribution >= 4 is 26.8 Å². The maximum absolute atomic E-state index is 13.3. The Morgan fingerprint density at radius 1 is 1.14 bits per heavy atom. The number of carbonyl (C=O) groups is 1. The fraction of sp³-hybridized carbons (Fsp3) is 0.333. The molecule has 0 spiro atoms. The smallest absolute Gasteiger partial charge is 0.287 e. The number of furan rings is 1. The highest BCUT2D eigenvalue weighted by Gasteiger charge is 2.31. The molecule has 1 aliphatic heterocycles. The molecule has 1 fully saturated rings. The van der Waals surface area contributed by atoms with Crippen LogP contribution < -0.4 is 5.32 Å². The van der Waals surface area contributed by atoms with E-state index in [1.54, 1.807) is 49.5 Å². The molecule has 8 heteroatoms. The lowest BCUT2D eigenvalue weighted by Crippen LogP contribution is -2.46. The Morgan fingerprint density at radius 3 is 2.59 bits per heavy atom. The number of piperidine rings is 1. The maximum Gasteiger partial charge on any atom is 0.287 e. The van der Waals surface area contributed by atoms with Gasteiger partial charge in [0.15, 0.2) is 5.76 Å². The largest absolute Gasteiger partial charge is 0.456 e. The second-order valence-electron chi connectivity index (χ2n) is 7.34. The third kappa shape index (κ3) is 3.77. The second-order valence-corrected chi connectivity index (χ2v) is 9.25. The molecule has 3 heterocycles. The predicted octanol–water partition coefficient (Wildman–Crippen LogP) is 3.03. The molecular weight excluding hydrogens is 390 g/mol. The summed E-state index contributed by atoms with van der Waals surface area (Å²) in [7, 11) is -3.64. The molecule has 2 aromatic heterocycles. The number of nitrogens with zero attached hydrogens (tertiary/aromatic N) is 2. The summed E-state index contributed by atoms with van der Waals surface area (Å²) < 4.78 is 33.4. The fourth-order valence-electron chi connectivity index (χ4n) is 3.71. The molecule has 0 atom stereocenters. The SMILES string of the molecule is Cc1ccc(C(=O)NC2CCN(S(=O)(=O)c3ccc(C)c4ncccc34)CC2)o1. The van der Waals surface area contributed by atoms with Crippen LogP contribution in [0.5, 0.6) is 0 Å². The zero-order valence-corrected chi connectivity index (χ0v) is 17.2. The lowest BCUT2D eigenvalue weighted by atomic mass is 10.1. The van der Waals surface area contributed by atoms with Crippen LogP contribution in [0.15, 0.2) is 51.9 Å². The molecule has 0 saturated carbocycles. The number of aromatic nitrogens is 1. The number of hydrogen-bond acceptors (Lipinski definition) is 5. The van der Waals surface area contributed by atoms with Gasteiger partial charge in [-0.3, -0.25) is 9.78 Å². The van der Waals surface area contributed by atoms with Gasteiger partial charge in [0.1, 0.15) is 5.76 Å². The van der Waals surface area contributed by atoms with Crippen LogP contribution in [0.2, 0.25) is 0 Å². The molecular formula is C21H23N3O4S. The summed E-state index contributed by atoms with van der Waals surface area (Å²) in [5, 5.41) is 3.57. The van der Waals surface area contributed by atoms with Gasteiger partial charge in [-0.05, 0) is 62.6 Å². The Balaban J connectivity index is 1.48. The highest BCUT2D eigenvalue weighted by atomic mass is 32.2. The second kappa shape index (κ2) is 7.61. The number of amides is 1. The summed E-state index contributed by atoms with van der Waals surface area (Å²) in [6, 6.07) is 10.3. The first-order valence-electron chi connectivity index (χ1n) is 9.58. The lowest BCUT2D eigenvalue weighted by molar-refractivity contribution is 0.0894. The molecule has 1 saturated heterocycles. The van der Waals surface area contributed by atoms with Crippen LogP contribution in [-0.2, 0) is 10.0 Å². The molecule has 1 aliphatic rings. The minimum atomic E-state index is -3.64. The zero-order valence-electron chi connectivity index (χ0n) is 16.4. The number of aryl methyl sites for hydroxylation is 2. The van der Waals surface area contributed by atoms with E-state index in [9.17, 15) is 13.2 Å². The maximum atomic E-state index is 13.3. The van der Waals surface area contributed by atoms with E-state index in [0.29, 0.717) is 42.6 Å². The topological polar surface area (TPSA) is 92.5 Å². The third-order valence-electron chi connectivity index (χ3n) is 5.30. The summed E-state index contributed by atoms with van der Waals surface area (Å²) in [6.07, 6.45) is 2.76. The average Bonchev–Trinajstić information content (AvgIpc) is 3.15. The van der Waals surface area contributed by atoms with Crippen molar-refractivity contribution < 1.29 is 17.6 Å². The Hall–Kier alpha value is -2.71. The van der Waals surface area contributed by atoms with Crippen LogP contribution in [-0.4, -0.2) is 42.7 Å². The van der Waals surface area contributed by atoms with Crippen molar-refractivity contribution in [2.75, 3.05) is 13.1 Å². The first kappa shape index (κ1) is 19.6. The van der Waals surface area contributed by atoms with E-state index in [1.807, 2.05) is 6.92 Å². The molecule has 3 aromatic rings. The van der Waals surface area contributed by atoms with Crippen LogP contribution in [0.25, 0.3) is 10.9 Å². The van der Waals surface area contributed by atoms with E-state index in [4.69, 9.17) is 4.42 Å². The standard InChI is InChI=1S/C21H23N3O4S/c1-14-5-8-19(17-4-3-11-22-20(14)17)29(26,27)24-12-9-16(10-13-24)23-21(25)18-7-6-15(2)28-18/h3-8,11,16H,9-10,12-13H2,1-2H3,(H,23,25). The Bertz CT molecular complexity index is 1160. The van der Waals surface area contributed by atoms with Gasteiger partial charge < -0.3 is 9.73 Å². The molecule has 0 radical (unpaired) electrons. The number of pyridine rings is 1. The van der Waals surface area contributed by atoms with Gasteiger partial charge in [0.05, 0.1) is 10.4 Å². The minimum Gasteiger partial charge on any atom is -0.456 e. The molecule has 1 N–H and O–H groups in total. The molecule has 4 rings (SSSR count). The van der Waals surface area contributed by atoms with Crippen molar-refractivity contribution in [3.05, 3.63) is 59.7 Å². The van der Waals surface area contributed by atoms with E-state index in [1.165, 1.54) is 4.31 Å². The quantitative estimate of drug-likeness (QED) is 0.710. The minimum absolute atomic E-state index is 0.0872. The van der Waals surface area contributed by atoms with E-state index in [0.717, 1.165) is 5.56 Å². The van der Waals surface area contributed by atoms with Crippen LogP contribution in [0, 0.1) is 13.8 Å². The summed E-state index contributed by atoms with van der Waals surface area (Å²) in [5.74, 6) is 0.682. The van der Waals surface area contributed by atoms with E-state index >= 15 is 0 Å². The number of hydrogen-bond donors (Lipinski definition) is 1. The van der Waals surface area contributed by atoms with Gasteiger partial charge in [-0.2, -0.15) is 4.31 Å². The number of benzene rings is 1. The summed E-state index contributed by atoms with van der Waals surface area (Å²) in [5.41, 5.74) is 1.64. The molecule has 0 unspecified atom stereocenters. The van der Waals surface area contributed by atoms with Crippen molar-refractivity contribution in [3.63, 3.8) is 0 Å². The average molecular weight is 413 g/mol. The molecule has 0 aliphatic carbocycles. The van der Waals surface area contributed by atoms with Crippen molar-refractivity contribution in [2.24, 2.45) is 0 Å². The number of rotatable bonds is 4. The van der Waals surface area contributed by atoms with Crippen LogP contribution in [0.1, 0.15) is 34.7 Å². The molecule has 152 valence electrons. The predicted molar refractivity (Wildman–Crippen MR) is 109 cm³/mol.